The lowest BCUT2D eigenvalue weighted by Gasteiger charge is -2.00. The standard InChI is InChI=1S/C8H5BrClNO2/c1-12-5-3-2-4-7(6(5)9)13-11-8(4)10/h2-3H,1H3. The second-order valence-electron chi connectivity index (χ2n) is 2.43. The number of rotatable bonds is 1. The van der Waals surface area contributed by atoms with Crippen molar-refractivity contribution < 1.29 is 9.26 Å². The Balaban J connectivity index is 2.80. The molecule has 1 aromatic heterocycles. The maximum atomic E-state index is 5.77. The zero-order valence-corrected chi connectivity index (χ0v) is 9.02. The van der Waals surface area contributed by atoms with Gasteiger partial charge in [-0.1, -0.05) is 16.8 Å². The van der Waals surface area contributed by atoms with Crippen LogP contribution in [0.3, 0.4) is 0 Å². The molecule has 0 N–H and O–H groups in total. The van der Waals surface area contributed by atoms with Crippen molar-refractivity contribution in [2.45, 2.75) is 0 Å². The lowest BCUT2D eigenvalue weighted by atomic mass is 10.2. The van der Waals surface area contributed by atoms with Gasteiger partial charge in [0.25, 0.3) is 0 Å². The topological polar surface area (TPSA) is 35.3 Å². The quantitative estimate of drug-likeness (QED) is 0.791. The highest BCUT2D eigenvalue weighted by molar-refractivity contribution is 9.10. The Morgan fingerprint density at radius 1 is 1.54 bits per heavy atom. The van der Waals surface area contributed by atoms with E-state index in [0.717, 1.165) is 9.86 Å². The summed E-state index contributed by atoms with van der Waals surface area (Å²) in [5.74, 6) is 0.695. The Hall–Kier alpha value is -0.740. The number of ether oxygens (including phenoxy) is 1. The molecule has 0 aliphatic carbocycles. The van der Waals surface area contributed by atoms with Gasteiger partial charge in [0.15, 0.2) is 10.7 Å². The second kappa shape index (κ2) is 3.20. The lowest BCUT2D eigenvalue weighted by molar-refractivity contribution is 0.408. The molecule has 2 aromatic rings. The minimum Gasteiger partial charge on any atom is -0.495 e. The molecule has 0 fully saturated rings. The smallest absolute Gasteiger partial charge is 0.186 e. The minimum absolute atomic E-state index is 0.360. The van der Waals surface area contributed by atoms with E-state index >= 15 is 0 Å². The molecule has 0 radical (unpaired) electrons. The van der Waals surface area contributed by atoms with E-state index in [2.05, 4.69) is 21.1 Å². The third-order valence-electron chi connectivity index (χ3n) is 1.72. The molecule has 2 rings (SSSR count). The first-order chi connectivity index (χ1) is 6.24. The first-order valence-electron chi connectivity index (χ1n) is 3.51. The summed E-state index contributed by atoms with van der Waals surface area (Å²) < 4.78 is 10.8. The predicted molar refractivity (Wildman–Crippen MR) is 53.3 cm³/mol. The number of nitrogens with zero attached hydrogens (tertiary/aromatic N) is 1. The summed E-state index contributed by atoms with van der Waals surface area (Å²) in [5.41, 5.74) is 0.601. The maximum Gasteiger partial charge on any atom is 0.186 e. The molecule has 3 nitrogen and oxygen atoms in total. The summed E-state index contributed by atoms with van der Waals surface area (Å²) in [6.45, 7) is 0. The van der Waals surface area contributed by atoms with E-state index in [1.165, 1.54) is 0 Å². The summed E-state index contributed by atoms with van der Waals surface area (Å²) >= 11 is 9.11. The lowest BCUT2D eigenvalue weighted by Crippen LogP contribution is -1.83. The predicted octanol–water partition coefficient (Wildman–Crippen LogP) is 3.25. The van der Waals surface area contributed by atoms with Gasteiger partial charge in [0, 0.05) is 0 Å². The van der Waals surface area contributed by atoms with Crippen LogP contribution in [-0.2, 0) is 0 Å². The van der Waals surface area contributed by atoms with Crippen LogP contribution in [0.5, 0.6) is 5.75 Å². The Kier molecular flexibility index (Phi) is 2.17. The average molecular weight is 262 g/mol. The Labute approximate surface area is 87.7 Å². The highest BCUT2D eigenvalue weighted by Crippen LogP contribution is 2.35. The molecular formula is C8H5BrClNO2. The molecule has 1 aromatic carbocycles. The van der Waals surface area contributed by atoms with Gasteiger partial charge in [0.2, 0.25) is 0 Å². The van der Waals surface area contributed by atoms with Gasteiger partial charge in [0.05, 0.1) is 12.5 Å². The highest BCUT2D eigenvalue weighted by atomic mass is 79.9. The van der Waals surface area contributed by atoms with Gasteiger partial charge >= 0.3 is 0 Å². The van der Waals surface area contributed by atoms with Gasteiger partial charge in [0.1, 0.15) is 10.2 Å². The van der Waals surface area contributed by atoms with Crippen molar-refractivity contribution in [2.75, 3.05) is 7.11 Å². The van der Waals surface area contributed by atoms with E-state index in [1.54, 1.807) is 19.2 Å². The maximum absolute atomic E-state index is 5.77. The molecule has 0 atom stereocenters. The zero-order valence-electron chi connectivity index (χ0n) is 6.67. The molecule has 1 heterocycles. The van der Waals surface area contributed by atoms with Gasteiger partial charge in [-0.15, -0.1) is 0 Å². The Morgan fingerprint density at radius 3 is 3.00 bits per heavy atom. The largest absolute Gasteiger partial charge is 0.495 e. The summed E-state index contributed by atoms with van der Waals surface area (Å²) in [4.78, 5) is 0. The number of hydrogen-bond donors (Lipinski definition) is 0. The van der Waals surface area contributed by atoms with E-state index in [0.29, 0.717) is 16.5 Å². The number of fused-ring (bicyclic) bond motifs is 1. The van der Waals surface area contributed by atoms with Gasteiger partial charge in [-0.2, -0.15) is 0 Å². The van der Waals surface area contributed by atoms with Crippen molar-refractivity contribution in [3.05, 3.63) is 21.8 Å². The molecule has 68 valence electrons. The van der Waals surface area contributed by atoms with Crippen LogP contribution >= 0.6 is 27.5 Å². The molecule has 0 amide bonds. The number of benzene rings is 1. The van der Waals surface area contributed by atoms with E-state index in [9.17, 15) is 0 Å². The third-order valence-corrected chi connectivity index (χ3v) is 2.74. The van der Waals surface area contributed by atoms with Gasteiger partial charge in [-0.25, -0.2) is 0 Å². The Bertz CT molecular complexity index is 455. The van der Waals surface area contributed by atoms with E-state index in [-0.39, 0.29) is 0 Å². The molecule has 0 saturated heterocycles. The first-order valence-corrected chi connectivity index (χ1v) is 4.68. The normalized spacial score (nSPS) is 10.7. The number of halogens is 2. The van der Waals surface area contributed by atoms with Crippen molar-refractivity contribution >= 4 is 38.5 Å². The minimum atomic E-state index is 0.360. The molecule has 0 unspecified atom stereocenters. The van der Waals surface area contributed by atoms with Crippen LogP contribution in [0.15, 0.2) is 21.1 Å². The molecule has 0 aliphatic heterocycles. The van der Waals surface area contributed by atoms with Crippen LogP contribution in [0.2, 0.25) is 5.15 Å². The molecule has 13 heavy (non-hydrogen) atoms. The number of aromatic nitrogens is 1. The second-order valence-corrected chi connectivity index (χ2v) is 3.58. The number of hydrogen-bond acceptors (Lipinski definition) is 3. The van der Waals surface area contributed by atoms with Crippen LogP contribution in [0, 0.1) is 0 Å². The summed E-state index contributed by atoms with van der Waals surface area (Å²) in [6, 6.07) is 3.60. The van der Waals surface area contributed by atoms with Crippen molar-refractivity contribution in [3.63, 3.8) is 0 Å². The van der Waals surface area contributed by atoms with Crippen LogP contribution in [0.4, 0.5) is 0 Å². The third kappa shape index (κ3) is 1.30. The summed E-state index contributed by atoms with van der Waals surface area (Å²) in [7, 11) is 1.59. The summed E-state index contributed by atoms with van der Waals surface area (Å²) in [6.07, 6.45) is 0. The van der Waals surface area contributed by atoms with Crippen molar-refractivity contribution in [1.29, 1.82) is 0 Å². The van der Waals surface area contributed by atoms with E-state index < -0.39 is 0 Å². The van der Waals surface area contributed by atoms with Crippen molar-refractivity contribution in [3.8, 4) is 5.75 Å². The first kappa shape index (κ1) is 8.84. The van der Waals surface area contributed by atoms with E-state index in [1.807, 2.05) is 0 Å². The number of methoxy groups -OCH3 is 1. The SMILES string of the molecule is COc1ccc2c(Cl)noc2c1Br. The zero-order chi connectivity index (χ0) is 9.42. The molecule has 5 heteroatoms. The fraction of sp³-hybridized carbons (Fsp3) is 0.125. The molecule has 0 saturated carbocycles. The average Bonchev–Trinajstić information content (AvgIpc) is 2.50. The van der Waals surface area contributed by atoms with E-state index in [4.69, 9.17) is 20.9 Å². The van der Waals surface area contributed by atoms with Crippen molar-refractivity contribution in [2.24, 2.45) is 0 Å². The van der Waals surface area contributed by atoms with Gasteiger partial charge in [-0.05, 0) is 28.1 Å². The van der Waals surface area contributed by atoms with Crippen LogP contribution in [0.1, 0.15) is 0 Å². The van der Waals surface area contributed by atoms with Crippen molar-refractivity contribution in [1.82, 2.24) is 5.16 Å². The highest BCUT2D eigenvalue weighted by Gasteiger charge is 2.12. The van der Waals surface area contributed by atoms with Gasteiger partial charge < -0.3 is 9.26 Å². The fourth-order valence-electron chi connectivity index (χ4n) is 1.08. The van der Waals surface area contributed by atoms with Crippen LogP contribution in [0.25, 0.3) is 11.0 Å². The monoisotopic (exact) mass is 261 g/mol. The molecular weight excluding hydrogens is 257 g/mol. The molecule has 0 aliphatic rings. The van der Waals surface area contributed by atoms with Gasteiger partial charge in [-0.3, -0.25) is 0 Å². The molecule has 0 bridgehead atoms. The molecule has 0 spiro atoms. The fourth-order valence-corrected chi connectivity index (χ4v) is 1.85. The summed E-state index contributed by atoms with van der Waals surface area (Å²) in [5, 5.41) is 4.77. The van der Waals surface area contributed by atoms with Crippen LogP contribution < -0.4 is 4.74 Å². The van der Waals surface area contributed by atoms with Crippen LogP contribution in [-0.4, -0.2) is 12.3 Å². The Morgan fingerprint density at radius 2 is 2.31 bits per heavy atom.